The van der Waals surface area contributed by atoms with Crippen LogP contribution in [-0.2, 0) is 0 Å². The second kappa shape index (κ2) is 6.51. The summed E-state index contributed by atoms with van der Waals surface area (Å²) in [4.78, 5) is 16.4. The normalized spacial score (nSPS) is 12.2. The summed E-state index contributed by atoms with van der Waals surface area (Å²) in [6.45, 7) is 6.58. The number of hydrogen-bond donors (Lipinski definition) is 2. The molecule has 0 saturated heterocycles. The Morgan fingerprint density at radius 1 is 1.30 bits per heavy atom. The molecule has 0 bridgehead atoms. The van der Waals surface area contributed by atoms with Gasteiger partial charge in [-0.15, -0.1) is 0 Å². The number of anilines is 2. The maximum Gasteiger partial charge on any atom is 0.229 e. The van der Waals surface area contributed by atoms with Crippen LogP contribution < -0.4 is 10.6 Å². The van der Waals surface area contributed by atoms with Crippen LogP contribution in [-0.4, -0.2) is 26.5 Å². The molecule has 2 aromatic rings. The van der Waals surface area contributed by atoms with Crippen LogP contribution >= 0.6 is 11.6 Å². The maximum atomic E-state index is 5.88. The number of nitrogens with one attached hydrogen (secondary N) is 2. The number of aromatic nitrogens is 4. The summed E-state index contributed by atoms with van der Waals surface area (Å²) < 4.78 is 5.45. The molecule has 0 radical (unpaired) electrons. The van der Waals surface area contributed by atoms with Gasteiger partial charge < -0.3 is 15.1 Å². The van der Waals surface area contributed by atoms with Gasteiger partial charge >= 0.3 is 0 Å². The lowest BCUT2D eigenvalue weighted by molar-refractivity contribution is 0.453. The smallest absolute Gasteiger partial charge is 0.229 e. The van der Waals surface area contributed by atoms with Crippen molar-refractivity contribution in [2.75, 3.05) is 17.2 Å². The monoisotopic (exact) mass is 296 g/mol. The second-order valence-corrected chi connectivity index (χ2v) is 4.69. The highest BCUT2D eigenvalue weighted by Gasteiger charge is 2.13. The van der Waals surface area contributed by atoms with Gasteiger partial charge in [-0.3, -0.25) is 0 Å². The average molecular weight is 297 g/mol. The lowest BCUT2D eigenvalue weighted by atomic mass is 10.3. The predicted octanol–water partition coefficient (Wildman–Crippen LogP) is 2.82. The Morgan fingerprint density at radius 3 is 2.70 bits per heavy atom. The van der Waals surface area contributed by atoms with Crippen LogP contribution in [0.1, 0.15) is 38.0 Å². The van der Waals surface area contributed by atoms with Crippen LogP contribution in [0.2, 0.25) is 5.28 Å². The molecule has 108 valence electrons. The topological polar surface area (TPSA) is 88.8 Å². The van der Waals surface area contributed by atoms with Crippen LogP contribution in [0.5, 0.6) is 0 Å². The van der Waals surface area contributed by atoms with E-state index < -0.39 is 0 Å². The van der Waals surface area contributed by atoms with Crippen molar-refractivity contribution >= 4 is 23.5 Å². The summed E-state index contributed by atoms with van der Waals surface area (Å²) in [5.41, 5.74) is 0. The van der Waals surface area contributed by atoms with Crippen LogP contribution in [0.15, 0.2) is 10.6 Å². The van der Waals surface area contributed by atoms with E-state index in [1.807, 2.05) is 13.8 Å². The molecule has 0 spiro atoms. The second-order valence-electron chi connectivity index (χ2n) is 4.35. The summed E-state index contributed by atoms with van der Waals surface area (Å²) in [6.07, 6.45) is 2.64. The Bertz CT molecular complexity index is 573. The van der Waals surface area contributed by atoms with E-state index in [4.69, 9.17) is 16.0 Å². The number of halogens is 1. The van der Waals surface area contributed by atoms with Crippen LogP contribution in [0.25, 0.3) is 0 Å². The minimum absolute atomic E-state index is 0.136. The highest BCUT2D eigenvalue weighted by Crippen LogP contribution is 2.18. The standard InChI is InChI=1S/C12H17ClN6O/c1-4-5-14-11-17-10(13)18-12(19-11)16-8(3)9-15-6-7(2)20-9/h6,8H,4-5H2,1-3H3,(H2,14,16,17,18,19). The van der Waals surface area contributed by atoms with Crippen molar-refractivity contribution in [2.24, 2.45) is 0 Å². The van der Waals surface area contributed by atoms with E-state index in [2.05, 4.69) is 37.5 Å². The lowest BCUT2D eigenvalue weighted by Gasteiger charge is -2.11. The molecule has 0 aliphatic heterocycles. The van der Waals surface area contributed by atoms with Crippen molar-refractivity contribution in [3.05, 3.63) is 23.1 Å². The van der Waals surface area contributed by atoms with Crippen LogP contribution in [0.4, 0.5) is 11.9 Å². The van der Waals surface area contributed by atoms with Gasteiger partial charge in [-0.05, 0) is 31.9 Å². The van der Waals surface area contributed by atoms with Crippen molar-refractivity contribution < 1.29 is 4.42 Å². The lowest BCUT2D eigenvalue weighted by Crippen LogP contribution is -2.12. The SMILES string of the molecule is CCCNc1nc(Cl)nc(NC(C)c2ncc(C)o2)n1. The van der Waals surface area contributed by atoms with Gasteiger partial charge in [0.2, 0.25) is 23.1 Å². The summed E-state index contributed by atoms with van der Waals surface area (Å²) in [5.74, 6) is 2.16. The molecule has 1 unspecified atom stereocenters. The number of aryl methyl sites for hydroxylation is 1. The molecule has 0 aromatic carbocycles. The zero-order valence-corrected chi connectivity index (χ0v) is 12.4. The largest absolute Gasteiger partial charge is 0.444 e. The quantitative estimate of drug-likeness (QED) is 0.847. The molecule has 2 aromatic heterocycles. The fourth-order valence-corrected chi connectivity index (χ4v) is 1.72. The predicted molar refractivity (Wildman–Crippen MR) is 76.9 cm³/mol. The van der Waals surface area contributed by atoms with Crippen molar-refractivity contribution in [3.63, 3.8) is 0 Å². The summed E-state index contributed by atoms with van der Waals surface area (Å²) in [6, 6.07) is -0.166. The molecule has 2 rings (SSSR count). The van der Waals surface area contributed by atoms with Crippen molar-refractivity contribution in [1.82, 2.24) is 19.9 Å². The van der Waals surface area contributed by atoms with E-state index in [-0.39, 0.29) is 11.3 Å². The minimum atomic E-state index is -0.166. The van der Waals surface area contributed by atoms with Crippen LogP contribution in [0.3, 0.4) is 0 Å². The van der Waals surface area contributed by atoms with E-state index in [1.54, 1.807) is 6.20 Å². The Kier molecular flexibility index (Phi) is 4.73. The molecular formula is C12H17ClN6O. The number of rotatable bonds is 6. The zero-order chi connectivity index (χ0) is 14.5. The van der Waals surface area contributed by atoms with Gasteiger partial charge in [-0.25, -0.2) is 4.98 Å². The molecule has 0 aliphatic carbocycles. The van der Waals surface area contributed by atoms with Crippen molar-refractivity contribution in [2.45, 2.75) is 33.2 Å². The molecular weight excluding hydrogens is 280 g/mol. The minimum Gasteiger partial charge on any atom is -0.444 e. The summed E-state index contributed by atoms with van der Waals surface area (Å²) in [7, 11) is 0. The van der Waals surface area contributed by atoms with Gasteiger partial charge in [0.25, 0.3) is 0 Å². The average Bonchev–Trinajstić information content (AvgIpc) is 2.82. The number of oxazole rings is 1. The molecule has 2 N–H and O–H groups in total. The van der Waals surface area contributed by atoms with Crippen LogP contribution in [0, 0.1) is 6.92 Å². The van der Waals surface area contributed by atoms with Gasteiger partial charge in [0.1, 0.15) is 11.8 Å². The third-order valence-corrected chi connectivity index (χ3v) is 2.67. The Labute approximate surface area is 122 Å². The van der Waals surface area contributed by atoms with Crippen molar-refractivity contribution in [3.8, 4) is 0 Å². The van der Waals surface area contributed by atoms with E-state index in [9.17, 15) is 0 Å². The van der Waals surface area contributed by atoms with Crippen molar-refractivity contribution in [1.29, 1.82) is 0 Å². The maximum absolute atomic E-state index is 5.88. The van der Waals surface area contributed by atoms with Gasteiger partial charge in [0.15, 0.2) is 0 Å². The van der Waals surface area contributed by atoms with Gasteiger partial charge in [-0.2, -0.15) is 15.0 Å². The van der Waals surface area contributed by atoms with Gasteiger partial charge in [-0.1, -0.05) is 6.92 Å². The zero-order valence-electron chi connectivity index (χ0n) is 11.6. The molecule has 8 heteroatoms. The molecule has 20 heavy (non-hydrogen) atoms. The molecule has 7 nitrogen and oxygen atoms in total. The number of hydrogen-bond acceptors (Lipinski definition) is 7. The van der Waals surface area contributed by atoms with Gasteiger partial charge in [0.05, 0.1) is 6.20 Å². The molecule has 0 amide bonds. The molecule has 0 fully saturated rings. The third-order valence-electron chi connectivity index (χ3n) is 2.50. The first-order valence-corrected chi connectivity index (χ1v) is 6.80. The Morgan fingerprint density at radius 2 is 2.05 bits per heavy atom. The summed E-state index contributed by atoms with van der Waals surface area (Å²) in [5, 5.41) is 6.29. The van der Waals surface area contributed by atoms with E-state index in [0.717, 1.165) is 18.7 Å². The third kappa shape index (κ3) is 3.80. The molecule has 1 atom stereocenters. The molecule has 0 aliphatic rings. The van der Waals surface area contributed by atoms with E-state index in [0.29, 0.717) is 17.8 Å². The first-order chi connectivity index (χ1) is 9.58. The highest BCUT2D eigenvalue weighted by molar-refractivity contribution is 6.28. The number of nitrogens with zero attached hydrogens (tertiary/aromatic N) is 4. The first-order valence-electron chi connectivity index (χ1n) is 6.42. The first kappa shape index (κ1) is 14.5. The van der Waals surface area contributed by atoms with E-state index in [1.165, 1.54) is 0 Å². The fourth-order valence-electron chi connectivity index (χ4n) is 1.56. The Balaban J connectivity index is 2.10. The fraction of sp³-hybridized carbons (Fsp3) is 0.500. The van der Waals surface area contributed by atoms with Gasteiger partial charge in [0, 0.05) is 6.54 Å². The molecule has 2 heterocycles. The summed E-state index contributed by atoms with van der Waals surface area (Å²) >= 11 is 5.88. The van der Waals surface area contributed by atoms with E-state index >= 15 is 0 Å². The Hall–Kier alpha value is -1.89. The highest BCUT2D eigenvalue weighted by atomic mass is 35.5. The molecule has 0 saturated carbocycles.